The normalized spacial score (nSPS) is 11.6. The van der Waals surface area contributed by atoms with Crippen molar-refractivity contribution in [3.8, 4) is 0 Å². The molecule has 0 fully saturated rings. The molecule has 0 spiro atoms. The predicted molar refractivity (Wildman–Crippen MR) is 57.4 cm³/mol. The van der Waals surface area contributed by atoms with Gasteiger partial charge in [-0.1, -0.05) is 0 Å². The Morgan fingerprint density at radius 1 is 1.44 bits per heavy atom. The van der Waals surface area contributed by atoms with E-state index in [0.29, 0.717) is 0 Å². The zero-order valence-corrected chi connectivity index (χ0v) is 10.2. The second kappa shape index (κ2) is 4.62. The highest BCUT2D eigenvalue weighted by molar-refractivity contribution is 9.10. The largest absolute Gasteiger partial charge is 0.446 e. The van der Waals surface area contributed by atoms with Crippen molar-refractivity contribution in [1.29, 1.82) is 0 Å². The highest BCUT2D eigenvalue weighted by atomic mass is 79.9. The van der Waals surface area contributed by atoms with Crippen LogP contribution < -0.4 is 0 Å². The number of rotatable bonds is 2. The molecule has 0 atom stereocenters. The molecule has 0 aromatic heterocycles. The van der Waals surface area contributed by atoms with E-state index in [9.17, 15) is 23.3 Å². The summed E-state index contributed by atoms with van der Waals surface area (Å²) in [7, 11) is 0. The molecule has 0 N–H and O–H groups in total. The fourth-order valence-electron chi connectivity index (χ4n) is 1.03. The van der Waals surface area contributed by atoms with Crippen LogP contribution in [0.1, 0.15) is 5.56 Å². The van der Waals surface area contributed by atoms with Crippen LogP contribution in [0.4, 0.5) is 18.9 Å². The van der Waals surface area contributed by atoms with E-state index in [1.165, 1.54) is 6.92 Å². The lowest BCUT2D eigenvalue weighted by Gasteiger charge is -2.09. The van der Waals surface area contributed by atoms with E-state index in [0.717, 1.165) is 12.1 Å². The third kappa shape index (κ3) is 3.11. The number of nitro benzene ring substituents is 1. The molecule has 1 aromatic rings. The Morgan fingerprint density at radius 2 is 2.00 bits per heavy atom. The fraction of sp³-hybridized carbons (Fsp3) is 0.250. The minimum atomic E-state index is -4.40. The molecule has 8 heteroatoms. The second-order valence-corrected chi connectivity index (χ2v) is 4.73. The van der Waals surface area contributed by atoms with Crippen LogP contribution in [-0.2, 0) is 0 Å². The minimum Gasteiger partial charge on any atom is -0.258 e. The number of alkyl halides is 3. The van der Waals surface area contributed by atoms with Gasteiger partial charge in [0.2, 0.25) is 0 Å². The Labute approximate surface area is 101 Å². The summed E-state index contributed by atoms with van der Waals surface area (Å²) in [4.78, 5) is 9.81. The molecule has 1 aromatic carbocycles. The zero-order valence-electron chi connectivity index (χ0n) is 7.84. The topological polar surface area (TPSA) is 43.1 Å². The summed E-state index contributed by atoms with van der Waals surface area (Å²) in [5.41, 5.74) is -4.44. The van der Waals surface area contributed by atoms with Gasteiger partial charge in [0.1, 0.15) is 0 Å². The molecule has 0 amide bonds. The van der Waals surface area contributed by atoms with Gasteiger partial charge in [0.15, 0.2) is 0 Å². The highest BCUT2D eigenvalue weighted by Crippen LogP contribution is 2.42. The maximum absolute atomic E-state index is 12.1. The van der Waals surface area contributed by atoms with E-state index >= 15 is 0 Å². The van der Waals surface area contributed by atoms with E-state index in [4.69, 9.17) is 0 Å². The first kappa shape index (κ1) is 13.3. The van der Waals surface area contributed by atoms with E-state index < -0.39 is 10.4 Å². The molecule has 0 unspecified atom stereocenters. The summed E-state index contributed by atoms with van der Waals surface area (Å²) in [5.74, 6) is 0. The lowest BCUT2D eigenvalue weighted by molar-refractivity contribution is -0.385. The van der Waals surface area contributed by atoms with Gasteiger partial charge in [-0.25, -0.2) is 0 Å². The van der Waals surface area contributed by atoms with Crippen molar-refractivity contribution in [1.82, 2.24) is 0 Å². The molecule has 0 heterocycles. The van der Waals surface area contributed by atoms with Crippen LogP contribution in [0, 0.1) is 17.0 Å². The first-order chi connectivity index (χ1) is 7.22. The third-order valence-corrected chi connectivity index (χ3v) is 3.63. The van der Waals surface area contributed by atoms with Crippen LogP contribution in [0.3, 0.4) is 0 Å². The average molecular weight is 316 g/mol. The van der Waals surface area contributed by atoms with Gasteiger partial charge >= 0.3 is 5.51 Å². The van der Waals surface area contributed by atoms with Crippen LogP contribution in [0.25, 0.3) is 0 Å². The van der Waals surface area contributed by atoms with Gasteiger partial charge in [0, 0.05) is 11.0 Å². The van der Waals surface area contributed by atoms with Gasteiger partial charge in [0.05, 0.1) is 9.40 Å². The van der Waals surface area contributed by atoms with Gasteiger partial charge < -0.3 is 0 Å². The molecular weight excluding hydrogens is 311 g/mol. The number of halogens is 4. The molecule has 1 rings (SSSR count). The van der Waals surface area contributed by atoms with Gasteiger partial charge in [0.25, 0.3) is 5.69 Å². The smallest absolute Gasteiger partial charge is 0.258 e. The van der Waals surface area contributed by atoms with E-state index in [-0.39, 0.29) is 32.4 Å². The highest BCUT2D eigenvalue weighted by Gasteiger charge is 2.31. The lowest BCUT2D eigenvalue weighted by Crippen LogP contribution is -2.01. The number of benzene rings is 1. The van der Waals surface area contributed by atoms with Crippen molar-refractivity contribution in [2.75, 3.05) is 0 Å². The van der Waals surface area contributed by atoms with Gasteiger partial charge in [-0.3, -0.25) is 10.1 Å². The van der Waals surface area contributed by atoms with Gasteiger partial charge in [-0.2, -0.15) is 13.2 Å². The molecule has 0 bridgehead atoms. The van der Waals surface area contributed by atoms with Crippen molar-refractivity contribution in [3.05, 3.63) is 32.3 Å². The van der Waals surface area contributed by atoms with Crippen LogP contribution in [0.5, 0.6) is 0 Å². The van der Waals surface area contributed by atoms with E-state index in [1.807, 2.05) is 0 Å². The maximum Gasteiger partial charge on any atom is 0.446 e. The maximum atomic E-state index is 12.1. The Hall–Kier alpha value is -0.760. The Bertz CT molecular complexity index is 436. The first-order valence-corrected chi connectivity index (χ1v) is 5.52. The number of nitro groups is 1. The summed E-state index contributed by atoms with van der Waals surface area (Å²) in [6.07, 6.45) is 0. The van der Waals surface area contributed by atoms with E-state index in [1.54, 1.807) is 0 Å². The standard InChI is InChI=1S/C8H5BrF3NO2S/c1-4-6(16-8(10,11)12)3-2-5(7(4)9)13(14)15/h2-3H,1H3. The SMILES string of the molecule is Cc1c(SC(F)(F)F)ccc([N+](=O)[O-])c1Br. The molecule has 0 saturated carbocycles. The number of hydrogen-bond donors (Lipinski definition) is 0. The molecule has 3 nitrogen and oxygen atoms in total. The molecule has 0 radical (unpaired) electrons. The number of thioether (sulfide) groups is 1. The summed E-state index contributed by atoms with van der Waals surface area (Å²) in [6.45, 7) is 1.39. The summed E-state index contributed by atoms with van der Waals surface area (Å²) < 4.78 is 36.5. The van der Waals surface area contributed by atoms with Crippen LogP contribution in [-0.4, -0.2) is 10.4 Å². The zero-order chi connectivity index (χ0) is 12.5. The first-order valence-electron chi connectivity index (χ1n) is 3.91. The Kier molecular flexibility index (Phi) is 3.84. The molecular formula is C8H5BrF3NO2S. The molecule has 0 aliphatic carbocycles. The van der Waals surface area contributed by atoms with Crippen molar-refractivity contribution >= 4 is 33.4 Å². The molecule has 0 aliphatic heterocycles. The Balaban J connectivity index is 3.17. The Morgan fingerprint density at radius 3 is 2.44 bits per heavy atom. The van der Waals surface area contributed by atoms with Crippen LogP contribution >= 0.6 is 27.7 Å². The fourth-order valence-corrected chi connectivity index (χ4v) is 2.29. The summed E-state index contributed by atoms with van der Waals surface area (Å²) in [5, 5.41) is 10.5. The van der Waals surface area contributed by atoms with Gasteiger partial charge in [-0.15, -0.1) is 0 Å². The number of nitrogens with zero attached hydrogens (tertiary/aromatic N) is 1. The lowest BCUT2D eigenvalue weighted by atomic mass is 10.2. The van der Waals surface area contributed by atoms with E-state index in [2.05, 4.69) is 15.9 Å². The quantitative estimate of drug-likeness (QED) is 0.465. The van der Waals surface area contributed by atoms with Crippen molar-refractivity contribution in [2.45, 2.75) is 17.3 Å². The summed E-state index contributed by atoms with van der Waals surface area (Å²) >= 11 is 2.63. The van der Waals surface area contributed by atoms with Crippen LogP contribution in [0.2, 0.25) is 0 Å². The molecule has 88 valence electrons. The minimum absolute atomic E-state index is 0.0509. The van der Waals surface area contributed by atoms with Crippen molar-refractivity contribution < 1.29 is 18.1 Å². The van der Waals surface area contributed by atoms with Crippen LogP contribution in [0.15, 0.2) is 21.5 Å². The molecule has 0 saturated heterocycles. The van der Waals surface area contributed by atoms with Gasteiger partial charge in [-0.05, 0) is 46.2 Å². The summed E-state index contributed by atoms with van der Waals surface area (Å²) in [6, 6.07) is 2.14. The van der Waals surface area contributed by atoms with Crippen molar-refractivity contribution in [3.63, 3.8) is 0 Å². The predicted octanol–water partition coefficient (Wildman–Crippen LogP) is 4.28. The molecule has 0 aliphatic rings. The monoisotopic (exact) mass is 315 g/mol. The second-order valence-electron chi connectivity index (χ2n) is 2.83. The average Bonchev–Trinajstić information content (AvgIpc) is 2.10. The third-order valence-electron chi connectivity index (χ3n) is 1.74. The van der Waals surface area contributed by atoms with Crippen molar-refractivity contribution in [2.24, 2.45) is 0 Å². The number of hydrogen-bond acceptors (Lipinski definition) is 3. The molecule has 16 heavy (non-hydrogen) atoms.